The fraction of sp³-hybridized carbons (Fsp3) is 0.412. The molecule has 2 aromatic rings. The lowest BCUT2D eigenvalue weighted by Crippen LogP contribution is -2.37. The predicted molar refractivity (Wildman–Crippen MR) is 96.5 cm³/mol. The van der Waals surface area contributed by atoms with Gasteiger partial charge in [0, 0.05) is 35.6 Å². The molecule has 0 bridgehead atoms. The number of likely N-dealkylation sites (tertiary alicyclic amines) is 1. The second-order valence-corrected chi connectivity index (χ2v) is 7.71. The summed E-state index contributed by atoms with van der Waals surface area (Å²) in [6.45, 7) is 4.07. The molecule has 1 aliphatic rings. The van der Waals surface area contributed by atoms with E-state index in [0.717, 1.165) is 44.0 Å². The molecule has 1 fully saturated rings. The third-order valence-corrected chi connectivity index (χ3v) is 5.66. The Balaban J connectivity index is 1.35. The van der Waals surface area contributed by atoms with Crippen molar-refractivity contribution in [1.82, 2.24) is 15.2 Å². The monoisotopic (exact) mass is 347 g/mol. The molecule has 0 aromatic carbocycles. The molecule has 1 aliphatic heterocycles. The van der Waals surface area contributed by atoms with Crippen LogP contribution in [0.4, 0.5) is 0 Å². The standard InChI is InChI=1S/C17H21N3OS2/c21-16(3-4-17-18-7-11-23-17)19-12-14-5-8-20(9-6-14)13-15-2-1-10-22-15/h1-4,7,10-11,14H,5-6,8-9,12-13H2,(H,19,21)/b4-3+. The van der Waals surface area contributed by atoms with Crippen molar-refractivity contribution in [1.29, 1.82) is 0 Å². The van der Waals surface area contributed by atoms with E-state index in [-0.39, 0.29) is 5.91 Å². The molecule has 6 heteroatoms. The molecular weight excluding hydrogens is 326 g/mol. The lowest BCUT2D eigenvalue weighted by molar-refractivity contribution is -0.116. The molecule has 23 heavy (non-hydrogen) atoms. The summed E-state index contributed by atoms with van der Waals surface area (Å²) in [5, 5.41) is 7.91. The molecule has 0 spiro atoms. The van der Waals surface area contributed by atoms with Crippen LogP contribution in [-0.2, 0) is 11.3 Å². The summed E-state index contributed by atoms with van der Waals surface area (Å²) < 4.78 is 0. The number of nitrogens with one attached hydrogen (secondary N) is 1. The summed E-state index contributed by atoms with van der Waals surface area (Å²) in [6.07, 6.45) is 7.39. The van der Waals surface area contributed by atoms with E-state index in [4.69, 9.17) is 0 Å². The van der Waals surface area contributed by atoms with Gasteiger partial charge in [-0.2, -0.15) is 0 Å². The Bertz CT molecular complexity index is 614. The molecule has 4 nitrogen and oxygen atoms in total. The summed E-state index contributed by atoms with van der Waals surface area (Å²) in [4.78, 5) is 19.9. The van der Waals surface area contributed by atoms with Crippen LogP contribution in [0.2, 0.25) is 0 Å². The van der Waals surface area contributed by atoms with Gasteiger partial charge in [0.15, 0.2) is 0 Å². The van der Waals surface area contributed by atoms with Crippen molar-refractivity contribution in [2.45, 2.75) is 19.4 Å². The van der Waals surface area contributed by atoms with E-state index in [1.165, 1.54) is 16.2 Å². The fourth-order valence-corrected chi connectivity index (χ4v) is 4.01. The average molecular weight is 348 g/mol. The van der Waals surface area contributed by atoms with Gasteiger partial charge in [0.05, 0.1) is 0 Å². The van der Waals surface area contributed by atoms with Gasteiger partial charge >= 0.3 is 0 Å². The van der Waals surface area contributed by atoms with E-state index in [1.807, 2.05) is 16.7 Å². The van der Waals surface area contributed by atoms with Gasteiger partial charge in [-0.3, -0.25) is 9.69 Å². The maximum Gasteiger partial charge on any atom is 0.244 e. The van der Waals surface area contributed by atoms with E-state index >= 15 is 0 Å². The van der Waals surface area contributed by atoms with Crippen LogP contribution in [0.5, 0.6) is 0 Å². The minimum Gasteiger partial charge on any atom is -0.352 e. The number of hydrogen-bond acceptors (Lipinski definition) is 5. The lowest BCUT2D eigenvalue weighted by atomic mass is 9.97. The van der Waals surface area contributed by atoms with Crippen molar-refractivity contribution in [3.8, 4) is 0 Å². The van der Waals surface area contributed by atoms with Crippen molar-refractivity contribution in [3.63, 3.8) is 0 Å². The second kappa shape index (κ2) is 8.38. The highest BCUT2D eigenvalue weighted by atomic mass is 32.1. The van der Waals surface area contributed by atoms with Crippen LogP contribution in [0.15, 0.2) is 35.2 Å². The van der Waals surface area contributed by atoms with Gasteiger partial charge in [0.25, 0.3) is 0 Å². The Labute approximate surface area is 144 Å². The number of hydrogen-bond donors (Lipinski definition) is 1. The summed E-state index contributed by atoms with van der Waals surface area (Å²) in [5.41, 5.74) is 0. The number of carbonyl (C=O) groups excluding carboxylic acids is 1. The molecule has 3 heterocycles. The van der Waals surface area contributed by atoms with Crippen molar-refractivity contribution in [2.24, 2.45) is 5.92 Å². The van der Waals surface area contributed by atoms with Crippen LogP contribution in [0, 0.1) is 5.92 Å². The van der Waals surface area contributed by atoms with E-state index in [0.29, 0.717) is 5.92 Å². The first-order chi connectivity index (χ1) is 11.3. The zero-order chi connectivity index (χ0) is 15.9. The minimum absolute atomic E-state index is 0.0267. The van der Waals surface area contributed by atoms with Gasteiger partial charge in [0.2, 0.25) is 5.91 Å². The van der Waals surface area contributed by atoms with E-state index < -0.39 is 0 Å². The Morgan fingerprint density at radius 2 is 2.22 bits per heavy atom. The van der Waals surface area contributed by atoms with Crippen LogP contribution < -0.4 is 5.32 Å². The van der Waals surface area contributed by atoms with Crippen LogP contribution in [-0.4, -0.2) is 35.4 Å². The summed E-state index contributed by atoms with van der Waals surface area (Å²) in [5.74, 6) is 0.563. The molecule has 1 amide bonds. The first-order valence-electron chi connectivity index (χ1n) is 7.90. The van der Waals surface area contributed by atoms with Gasteiger partial charge in [-0.25, -0.2) is 4.98 Å². The molecular formula is C17H21N3OS2. The zero-order valence-corrected chi connectivity index (χ0v) is 14.6. The third-order valence-electron chi connectivity index (χ3n) is 4.06. The van der Waals surface area contributed by atoms with Gasteiger partial charge in [-0.1, -0.05) is 6.07 Å². The molecule has 0 atom stereocenters. The Morgan fingerprint density at radius 1 is 1.35 bits per heavy atom. The highest BCUT2D eigenvalue weighted by Crippen LogP contribution is 2.20. The van der Waals surface area contributed by atoms with Gasteiger partial charge in [0.1, 0.15) is 5.01 Å². The Hall–Kier alpha value is -1.50. The lowest BCUT2D eigenvalue weighted by Gasteiger charge is -2.31. The number of piperidine rings is 1. The third kappa shape index (κ3) is 5.27. The summed E-state index contributed by atoms with van der Waals surface area (Å²) in [6, 6.07) is 4.31. The first kappa shape index (κ1) is 16.4. The molecule has 0 saturated carbocycles. The van der Waals surface area contributed by atoms with Gasteiger partial charge < -0.3 is 5.32 Å². The summed E-state index contributed by atoms with van der Waals surface area (Å²) >= 11 is 3.36. The smallest absolute Gasteiger partial charge is 0.244 e. The number of thiazole rings is 1. The van der Waals surface area contributed by atoms with Gasteiger partial charge in [-0.05, 0) is 49.4 Å². The SMILES string of the molecule is O=C(/C=C/c1nccs1)NCC1CCN(Cc2cccs2)CC1. The maximum atomic E-state index is 11.8. The van der Waals surface area contributed by atoms with Crippen LogP contribution in [0.1, 0.15) is 22.7 Å². The number of carbonyl (C=O) groups is 1. The normalized spacial score (nSPS) is 16.9. The van der Waals surface area contributed by atoms with Crippen LogP contribution in [0.3, 0.4) is 0 Å². The Kier molecular flexibility index (Phi) is 5.96. The highest BCUT2D eigenvalue weighted by Gasteiger charge is 2.19. The van der Waals surface area contributed by atoms with E-state index in [1.54, 1.807) is 18.3 Å². The minimum atomic E-state index is -0.0267. The number of rotatable bonds is 6. The molecule has 0 unspecified atom stereocenters. The maximum absolute atomic E-state index is 11.8. The van der Waals surface area contributed by atoms with Crippen molar-refractivity contribution in [3.05, 3.63) is 45.1 Å². The van der Waals surface area contributed by atoms with E-state index in [2.05, 4.69) is 32.7 Å². The van der Waals surface area contributed by atoms with Crippen LogP contribution >= 0.6 is 22.7 Å². The number of amides is 1. The quantitative estimate of drug-likeness (QED) is 0.816. The summed E-state index contributed by atoms with van der Waals surface area (Å²) in [7, 11) is 0. The molecule has 0 radical (unpaired) electrons. The second-order valence-electron chi connectivity index (χ2n) is 5.75. The molecule has 1 N–H and O–H groups in total. The van der Waals surface area contributed by atoms with Gasteiger partial charge in [-0.15, -0.1) is 22.7 Å². The van der Waals surface area contributed by atoms with E-state index in [9.17, 15) is 4.79 Å². The zero-order valence-electron chi connectivity index (χ0n) is 13.0. The number of thiophene rings is 1. The molecule has 3 rings (SSSR count). The van der Waals surface area contributed by atoms with Crippen molar-refractivity contribution < 1.29 is 4.79 Å². The predicted octanol–water partition coefficient (Wildman–Crippen LogP) is 3.25. The first-order valence-corrected chi connectivity index (χ1v) is 9.65. The number of nitrogens with zero attached hydrogens (tertiary/aromatic N) is 2. The number of aromatic nitrogens is 1. The largest absolute Gasteiger partial charge is 0.352 e. The fourth-order valence-electron chi connectivity index (χ4n) is 2.74. The molecule has 2 aromatic heterocycles. The van der Waals surface area contributed by atoms with Crippen molar-refractivity contribution >= 4 is 34.7 Å². The average Bonchev–Trinajstić information content (AvgIpc) is 3.26. The molecule has 0 aliphatic carbocycles. The molecule has 122 valence electrons. The van der Waals surface area contributed by atoms with Crippen molar-refractivity contribution in [2.75, 3.05) is 19.6 Å². The van der Waals surface area contributed by atoms with Crippen LogP contribution in [0.25, 0.3) is 6.08 Å². The Morgan fingerprint density at radius 3 is 2.91 bits per heavy atom. The molecule has 1 saturated heterocycles. The highest BCUT2D eigenvalue weighted by molar-refractivity contribution is 7.10. The topological polar surface area (TPSA) is 45.2 Å².